The molecule has 8 atom stereocenters. The molecule has 1 N–H and O–H groups in total. The molecular formula is C33H56NO4P. The zero-order valence-corrected chi connectivity index (χ0v) is 26.9. The monoisotopic (exact) mass is 561 g/mol. The molecule has 0 heterocycles. The number of rotatable bonds is 10. The van der Waals surface area contributed by atoms with Gasteiger partial charge in [0.1, 0.15) is 12.6 Å². The van der Waals surface area contributed by atoms with Gasteiger partial charge in [-0.1, -0.05) is 76.6 Å². The first-order valence-corrected chi connectivity index (χ1v) is 16.8. The van der Waals surface area contributed by atoms with E-state index in [0.717, 1.165) is 30.8 Å². The van der Waals surface area contributed by atoms with E-state index in [1.807, 2.05) is 21.1 Å². The van der Waals surface area contributed by atoms with Crippen LogP contribution >= 0.6 is 7.82 Å². The van der Waals surface area contributed by atoms with E-state index in [4.69, 9.17) is 4.52 Å². The minimum Gasteiger partial charge on any atom is -0.756 e. The molecule has 0 aromatic carbocycles. The van der Waals surface area contributed by atoms with E-state index in [2.05, 4.69) is 65.5 Å². The molecule has 6 heteroatoms. The Kier molecular flexibility index (Phi) is 10.8. The summed E-state index contributed by atoms with van der Waals surface area (Å²) in [6.07, 6.45) is 17.7. The van der Waals surface area contributed by atoms with Crippen LogP contribution in [0.15, 0.2) is 47.6 Å². The smallest absolute Gasteiger partial charge is 0.265 e. The number of hydrogen-bond acceptors (Lipinski definition) is 3. The van der Waals surface area contributed by atoms with Gasteiger partial charge in [-0.2, -0.15) is 0 Å². The maximum Gasteiger partial charge on any atom is 0.265 e. The Bertz CT molecular complexity index is 1000. The van der Waals surface area contributed by atoms with Gasteiger partial charge < -0.3 is 18.8 Å². The van der Waals surface area contributed by atoms with E-state index in [1.165, 1.54) is 37.7 Å². The van der Waals surface area contributed by atoms with Crippen LogP contribution in [0.1, 0.15) is 86.0 Å². The fraction of sp³-hybridized carbons (Fsp3) is 0.758. The molecule has 0 spiro atoms. The summed E-state index contributed by atoms with van der Waals surface area (Å²) < 4.78 is 17.5. The molecule has 0 saturated heterocycles. The van der Waals surface area contributed by atoms with Crippen molar-refractivity contribution in [1.82, 2.24) is 0 Å². The second kappa shape index (κ2) is 12.9. The largest absolute Gasteiger partial charge is 0.756 e. The number of allylic oxidation sites excluding steroid dienone is 7. The van der Waals surface area contributed by atoms with Crippen LogP contribution in [0, 0.1) is 40.9 Å². The third kappa shape index (κ3) is 8.76. The standard InChI is InChI=1S/C33H56NO4P/c1-23(2)24(3)12-13-26(5)30-18-19-31-27(11-10-20-33(30,31)6)16-17-28-21-29(15-14-25(28)4)32(22-34(7,8)9)38-39(35,36)37/h12-13,16-17,23-24,26,29-32H,4,10-11,14-15,18-22H2,1-3,5-9H3,(H-,35,36,37)/b13-12+,27-16+,28-17-/t24-,26+,29-,30+,31-,32?,33+/m0/s1. The van der Waals surface area contributed by atoms with Gasteiger partial charge in [0.25, 0.3) is 7.82 Å². The van der Waals surface area contributed by atoms with Gasteiger partial charge in [-0.15, -0.1) is 0 Å². The highest BCUT2D eigenvalue weighted by Gasteiger charge is 2.50. The first-order valence-electron chi connectivity index (χ1n) is 15.3. The lowest BCUT2D eigenvalue weighted by atomic mass is 9.61. The van der Waals surface area contributed by atoms with Crippen molar-refractivity contribution in [2.45, 2.75) is 92.1 Å². The first-order chi connectivity index (χ1) is 18.0. The van der Waals surface area contributed by atoms with Crippen molar-refractivity contribution in [3.8, 4) is 0 Å². The Hall–Kier alpha value is -0.970. The summed E-state index contributed by atoms with van der Waals surface area (Å²) in [6.45, 7) is 16.8. The van der Waals surface area contributed by atoms with E-state index in [0.29, 0.717) is 40.1 Å². The number of likely N-dealkylation sites (N-methyl/N-ethyl adjacent to an activating group) is 1. The fourth-order valence-corrected chi connectivity index (χ4v) is 8.17. The van der Waals surface area contributed by atoms with E-state index in [1.54, 1.807) is 5.57 Å². The van der Waals surface area contributed by atoms with Gasteiger partial charge in [0, 0.05) is 0 Å². The summed E-state index contributed by atoms with van der Waals surface area (Å²) in [5, 5.41) is 0. The summed E-state index contributed by atoms with van der Waals surface area (Å²) in [5.74, 6) is 3.27. The number of phosphoric ester groups is 1. The van der Waals surface area contributed by atoms with Gasteiger partial charge in [0.05, 0.1) is 21.1 Å². The summed E-state index contributed by atoms with van der Waals surface area (Å²) in [5.41, 5.74) is 4.27. The predicted molar refractivity (Wildman–Crippen MR) is 161 cm³/mol. The van der Waals surface area contributed by atoms with Gasteiger partial charge in [-0.3, -0.25) is 4.57 Å². The number of hydrogen-bond donors (Lipinski definition) is 1. The van der Waals surface area contributed by atoms with Crippen molar-refractivity contribution in [2.75, 3.05) is 27.7 Å². The SMILES string of the molecule is C=C1CC[C@H](C(C[N+](C)(C)C)OP(=O)([O-])O)C/C1=C/C=C1\CCC[C@]2(C)[C@@H]([C@H](C)/C=C/[C@H](C)C(C)C)CC[C@@H]12. The lowest BCUT2D eigenvalue weighted by Crippen LogP contribution is -2.45. The van der Waals surface area contributed by atoms with Crippen LogP contribution in [0.2, 0.25) is 0 Å². The Labute approximate surface area is 239 Å². The number of nitrogens with zero attached hydrogens (tertiary/aromatic N) is 1. The summed E-state index contributed by atoms with van der Waals surface area (Å²) in [4.78, 5) is 21.2. The van der Waals surface area contributed by atoms with E-state index in [-0.39, 0.29) is 5.92 Å². The average Bonchev–Trinajstić information content (AvgIpc) is 3.17. The van der Waals surface area contributed by atoms with Crippen molar-refractivity contribution in [3.05, 3.63) is 47.6 Å². The number of quaternary nitrogens is 1. The van der Waals surface area contributed by atoms with Crippen LogP contribution in [-0.4, -0.2) is 43.2 Å². The second-order valence-corrected chi connectivity index (χ2v) is 15.7. The van der Waals surface area contributed by atoms with Crippen molar-refractivity contribution in [1.29, 1.82) is 0 Å². The van der Waals surface area contributed by atoms with Crippen LogP contribution in [0.3, 0.4) is 0 Å². The molecule has 3 aliphatic rings. The molecule has 222 valence electrons. The minimum absolute atomic E-state index is 0.0280. The molecule has 0 radical (unpaired) electrons. The lowest BCUT2D eigenvalue weighted by molar-refractivity contribution is -0.873. The van der Waals surface area contributed by atoms with Gasteiger partial charge in [0.15, 0.2) is 0 Å². The molecule has 3 saturated carbocycles. The number of fused-ring (bicyclic) bond motifs is 1. The van der Waals surface area contributed by atoms with Crippen molar-refractivity contribution in [3.63, 3.8) is 0 Å². The summed E-state index contributed by atoms with van der Waals surface area (Å²) in [6, 6.07) is 0. The quantitative estimate of drug-likeness (QED) is 0.171. The topological polar surface area (TPSA) is 69.6 Å². The maximum atomic E-state index is 11.7. The summed E-state index contributed by atoms with van der Waals surface area (Å²) in [7, 11) is 1.23. The molecule has 3 fully saturated rings. The van der Waals surface area contributed by atoms with Crippen LogP contribution < -0.4 is 4.89 Å². The molecule has 3 rings (SSSR count). The lowest BCUT2D eigenvalue weighted by Gasteiger charge is -2.44. The van der Waals surface area contributed by atoms with E-state index < -0.39 is 13.9 Å². The molecule has 2 unspecified atom stereocenters. The van der Waals surface area contributed by atoms with Crippen molar-refractivity contribution < 1.29 is 23.4 Å². The normalized spacial score (nSPS) is 34.4. The van der Waals surface area contributed by atoms with Gasteiger partial charge >= 0.3 is 0 Å². The highest BCUT2D eigenvalue weighted by atomic mass is 31.2. The van der Waals surface area contributed by atoms with Crippen LogP contribution in [0.25, 0.3) is 0 Å². The fourth-order valence-electron chi connectivity index (χ4n) is 7.59. The highest BCUT2D eigenvalue weighted by Crippen LogP contribution is 2.59. The Balaban J connectivity index is 1.78. The van der Waals surface area contributed by atoms with Gasteiger partial charge in [-0.05, 0) is 97.9 Å². The second-order valence-electron chi connectivity index (χ2n) is 14.6. The van der Waals surface area contributed by atoms with Crippen LogP contribution in [0.4, 0.5) is 0 Å². The molecule has 3 aliphatic carbocycles. The maximum absolute atomic E-state index is 11.7. The molecule has 39 heavy (non-hydrogen) atoms. The molecule has 5 nitrogen and oxygen atoms in total. The molecule has 0 amide bonds. The number of phosphoric acid groups is 1. The summed E-state index contributed by atoms with van der Waals surface area (Å²) >= 11 is 0. The van der Waals surface area contributed by atoms with Crippen LogP contribution in [0.5, 0.6) is 0 Å². The van der Waals surface area contributed by atoms with E-state index in [9.17, 15) is 14.4 Å². The highest BCUT2D eigenvalue weighted by molar-refractivity contribution is 7.44. The Morgan fingerprint density at radius 2 is 1.82 bits per heavy atom. The average molecular weight is 562 g/mol. The van der Waals surface area contributed by atoms with Crippen LogP contribution in [-0.2, 0) is 9.09 Å². The van der Waals surface area contributed by atoms with Crippen molar-refractivity contribution in [2.24, 2.45) is 40.9 Å². The zero-order valence-electron chi connectivity index (χ0n) is 26.0. The van der Waals surface area contributed by atoms with Gasteiger partial charge in [-0.25, -0.2) is 0 Å². The Morgan fingerprint density at radius 1 is 1.13 bits per heavy atom. The molecule has 0 aliphatic heterocycles. The predicted octanol–water partition coefficient (Wildman–Crippen LogP) is 7.45. The van der Waals surface area contributed by atoms with Crippen molar-refractivity contribution >= 4 is 7.82 Å². The molecule has 0 aromatic rings. The minimum atomic E-state index is -4.82. The van der Waals surface area contributed by atoms with Gasteiger partial charge in [0.2, 0.25) is 0 Å². The Morgan fingerprint density at radius 3 is 2.44 bits per heavy atom. The molecular weight excluding hydrogens is 505 g/mol. The zero-order chi connectivity index (χ0) is 29.2. The third-order valence-corrected chi connectivity index (χ3v) is 10.8. The van der Waals surface area contributed by atoms with E-state index >= 15 is 0 Å². The third-order valence-electron chi connectivity index (χ3n) is 10.2. The first kappa shape index (κ1) is 32.5. The molecule has 0 aromatic heterocycles. The molecule has 0 bridgehead atoms.